The molecule has 0 amide bonds. The number of thioether (sulfide) groups is 1. The van der Waals surface area contributed by atoms with Gasteiger partial charge >= 0.3 is 0 Å². The number of nitrogens with zero attached hydrogens (tertiary/aromatic N) is 1. The van der Waals surface area contributed by atoms with E-state index in [0.29, 0.717) is 0 Å². The van der Waals surface area contributed by atoms with Gasteiger partial charge in [0.1, 0.15) is 0 Å². The first kappa shape index (κ1) is 12.8. The first-order valence-corrected chi connectivity index (χ1v) is 7.73. The molecular weight excluding hydrogens is 230 g/mol. The van der Waals surface area contributed by atoms with Crippen molar-refractivity contribution in [3.63, 3.8) is 0 Å². The normalized spacial score (nSPS) is 19.9. The number of rotatable bonds is 4. The highest BCUT2D eigenvalue weighted by atomic mass is 32.2. The molecular formula is C14H21NOS. The molecule has 0 saturated heterocycles. The Bertz CT molecular complexity index is 356. The number of hydrogen-bond acceptors (Lipinski definition) is 3. The second-order valence-electron chi connectivity index (χ2n) is 4.55. The van der Waals surface area contributed by atoms with Gasteiger partial charge in [-0.3, -0.25) is 0 Å². The standard InChI is InChI=1S/C14H21NOS/c1-17-11-5-10-15-9-4-8-14(16)12-6-2-3-7-13(12)15/h2-3,6-7,14,16H,4-5,8-11H2,1H3. The maximum Gasteiger partial charge on any atom is 0.0810 e. The van der Waals surface area contributed by atoms with Crippen molar-refractivity contribution in [3.8, 4) is 0 Å². The number of benzene rings is 1. The summed E-state index contributed by atoms with van der Waals surface area (Å²) in [6.45, 7) is 2.17. The molecule has 1 atom stereocenters. The van der Waals surface area contributed by atoms with Crippen molar-refractivity contribution < 1.29 is 5.11 Å². The Morgan fingerprint density at radius 2 is 2.24 bits per heavy atom. The van der Waals surface area contributed by atoms with Crippen molar-refractivity contribution >= 4 is 17.4 Å². The summed E-state index contributed by atoms with van der Waals surface area (Å²) in [4.78, 5) is 2.43. The first-order chi connectivity index (χ1) is 8.33. The third kappa shape index (κ3) is 3.17. The molecule has 3 heteroatoms. The molecule has 94 valence electrons. The molecule has 2 nitrogen and oxygen atoms in total. The fraction of sp³-hybridized carbons (Fsp3) is 0.571. The minimum atomic E-state index is -0.281. The van der Waals surface area contributed by atoms with Gasteiger partial charge in [0.05, 0.1) is 6.10 Å². The van der Waals surface area contributed by atoms with Crippen molar-refractivity contribution in [1.29, 1.82) is 0 Å². The number of aliphatic hydroxyl groups excluding tert-OH is 1. The third-order valence-electron chi connectivity index (χ3n) is 3.32. The highest BCUT2D eigenvalue weighted by molar-refractivity contribution is 7.98. The van der Waals surface area contributed by atoms with Crippen molar-refractivity contribution in [3.05, 3.63) is 29.8 Å². The molecule has 0 saturated carbocycles. The first-order valence-electron chi connectivity index (χ1n) is 6.34. The van der Waals surface area contributed by atoms with Gasteiger partial charge in [0.25, 0.3) is 0 Å². The van der Waals surface area contributed by atoms with Crippen LogP contribution in [0.2, 0.25) is 0 Å². The molecule has 0 aromatic heterocycles. The molecule has 1 aliphatic heterocycles. The topological polar surface area (TPSA) is 23.5 Å². The summed E-state index contributed by atoms with van der Waals surface area (Å²) in [6.07, 6.45) is 5.05. The lowest BCUT2D eigenvalue weighted by atomic mass is 10.0. The van der Waals surface area contributed by atoms with Gasteiger partial charge in [0.15, 0.2) is 0 Å². The fourth-order valence-corrected chi connectivity index (χ4v) is 2.86. The van der Waals surface area contributed by atoms with E-state index < -0.39 is 0 Å². The predicted molar refractivity (Wildman–Crippen MR) is 75.8 cm³/mol. The zero-order chi connectivity index (χ0) is 12.1. The van der Waals surface area contributed by atoms with Crippen molar-refractivity contribution in [1.82, 2.24) is 0 Å². The molecule has 2 rings (SSSR count). The van der Waals surface area contributed by atoms with E-state index in [1.54, 1.807) is 0 Å². The van der Waals surface area contributed by atoms with E-state index >= 15 is 0 Å². The molecule has 0 bridgehead atoms. The molecule has 17 heavy (non-hydrogen) atoms. The van der Waals surface area contributed by atoms with Crippen LogP contribution in [0.5, 0.6) is 0 Å². The lowest BCUT2D eigenvalue weighted by molar-refractivity contribution is 0.168. The molecule has 0 fully saturated rings. The number of hydrogen-bond donors (Lipinski definition) is 1. The highest BCUT2D eigenvalue weighted by Crippen LogP contribution is 2.32. The Labute approximate surface area is 108 Å². The molecule has 1 aromatic rings. The predicted octanol–water partition coefficient (Wildman–Crippen LogP) is 3.07. The van der Waals surface area contributed by atoms with Crippen LogP contribution < -0.4 is 4.90 Å². The number of para-hydroxylation sites is 1. The molecule has 1 aliphatic rings. The minimum Gasteiger partial charge on any atom is -0.388 e. The quantitative estimate of drug-likeness (QED) is 0.832. The van der Waals surface area contributed by atoms with Crippen LogP contribution in [0.4, 0.5) is 5.69 Å². The smallest absolute Gasteiger partial charge is 0.0810 e. The van der Waals surface area contributed by atoms with Crippen LogP contribution in [0.3, 0.4) is 0 Å². The second kappa shape index (κ2) is 6.31. The Kier molecular flexibility index (Phi) is 4.75. The molecule has 1 heterocycles. The number of aliphatic hydroxyl groups is 1. The Balaban J connectivity index is 2.14. The van der Waals surface area contributed by atoms with Crippen molar-refractivity contribution in [2.75, 3.05) is 30.0 Å². The molecule has 0 radical (unpaired) electrons. The van der Waals surface area contributed by atoms with Gasteiger partial charge in [-0.25, -0.2) is 0 Å². The van der Waals surface area contributed by atoms with Crippen LogP contribution in [0.1, 0.15) is 30.9 Å². The zero-order valence-corrected chi connectivity index (χ0v) is 11.2. The maximum atomic E-state index is 10.1. The highest BCUT2D eigenvalue weighted by Gasteiger charge is 2.20. The molecule has 0 aliphatic carbocycles. The van der Waals surface area contributed by atoms with Gasteiger partial charge in [-0.05, 0) is 37.3 Å². The molecule has 0 spiro atoms. The lowest BCUT2D eigenvalue weighted by Gasteiger charge is -2.25. The minimum absolute atomic E-state index is 0.281. The van der Waals surface area contributed by atoms with E-state index in [4.69, 9.17) is 0 Å². The van der Waals surface area contributed by atoms with E-state index in [0.717, 1.165) is 31.5 Å². The largest absolute Gasteiger partial charge is 0.388 e. The van der Waals surface area contributed by atoms with E-state index in [9.17, 15) is 5.11 Å². The van der Waals surface area contributed by atoms with Gasteiger partial charge in [0.2, 0.25) is 0 Å². The van der Waals surface area contributed by atoms with Crippen LogP contribution in [-0.4, -0.2) is 30.2 Å². The number of fused-ring (bicyclic) bond motifs is 1. The Morgan fingerprint density at radius 3 is 3.06 bits per heavy atom. The fourth-order valence-electron chi connectivity index (χ4n) is 2.44. The van der Waals surface area contributed by atoms with Crippen LogP contribution in [0.15, 0.2) is 24.3 Å². The Hall–Kier alpha value is -0.670. The summed E-state index contributed by atoms with van der Waals surface area (Å²) in [7, 11) is 0. The van der Waals surface area contributed by atoms with Gasteiger partial charge in [0, 0.05) is 24.3 Å². The SMILES string of the molecule is CSCCCN1CCCC(O)c2ccccc21. The maximum absolute atomic E-state index is 10.1. The van der Waals surface area contributed by atoms with Crippen molar-refractivity contribution in [2.24, 2.45) is 0 Å². The van der Waals surface area contributed by atoms with E-state index in [2.05, 4.69) is 29.4 Å². The van der Waals surface area contributed by atoms with Crippen LogP contribution in [-0.2, 0) is 0 Å². The average Bonchev–Trinajstić information content (AvgIpc) is 2.51. The molecule has 1 N–H and O–H groups in total. The van der Waals surface area contributed by atoms with Gasteiger partial charge in [-0.15, -0.1) is 0 Å². The summed E-state index contributed by atoms with van der Waals surface area (Å²) >= 11 is 1.90. The van der Waals surface area contributed by atoms with Crippen molar-refractivity contribution in [2.45, 2.75) is 25.4 Å². The number of anilines is 1. The summed E-state index contributed by atoms with van der Waals surface area (Å²) in [5.41, 5.74) is 2.34. The second-order valence-corrected chi connectivity index (χ2v) is 5.54. The summed E-state index contributed by atoms with van der Waals surface area (Å²) in [6, 6.07) is 8.29. The third-order valence-corrected chi connectivity index (χ3v) is 4.02. The van der Waals surface area contributed by atoms with Crippen LogP contribution >= 0.6 is 11.8 Å². The molecule has 1 aromatic carbocycles. The molecule has 1 unspecified atom stereocenters. The van der Waals surface area contributed by atoms with Gasteiger partial charge in [-0.2, -0.15) is 11.8 Å². The van der Waals surface area contributed by atoms with E-state index in [-0.39, 0.29) is 6.10 Å². The summed E-state index contributed by atoms with van der Waals surface area (Å²) < 4.78 is 0. The van der Waals surface area contributed by atoms with Crippen LogP contribution in [0, 0.1) is 0 Å². The van der Waals surface area contributed by atoms with E-state index in [1.165, 1.54) is 17.9 Å². The Morgan fingerprint density at radius 1 is 1.41 bits per heavy atom. The summed E-state index contributed by atoms with van der Waals surface area (Å²) in [5, 5.41) is 10.1. The summed E-state index contributed by atoms with van der Waals surface area (Å²) in [5.74, 6) is 1.21. The zero-order valence-electron chi connectivity index (χ0n) is 10.4. The van der Waals surface area contributed by atoms with Gasteiger partial charge in [-0.1, -0.05) is 18.2 Å². The monoisotopic (exact) mass is 251 g/mol. The van der Waals surface area contributed by atoms with E-state index in [1.807, 2.05) is 17.8 Å². The lowest BCUT2D eigenvalue weighted by Crippen LogP contribution is -2.25. The average molecular weight is 251 g/mol. The van der Waals surface area contributed by atoms with Crippen LogP contribution in [0.25, 0.3) is 0 Å². The van der Waals surface area contributed by atoms with Gasteiger partial charge < -0.3 is 10.0 Å².